The van der Waals surface area contributed by atoms with Gasteiger partial charge in [0, 0.05) is 6.61 Å². The zero-order valence-corrected chi connectivity index (χ0v) is 7.28. The van der Waals surface area contributed by atoms with Crippen molar-refractivity contribution in [3.63, 3.8) is 0 Å². The molecule has 5 heteroatoms. The van der Waals surface area contributed by atoms with Gasteiger partial charge in [-0.1, -0.05) is 12.1 Å². The van der Waals surface area contributed by atoms with Crippen LogP contribution in [-0.2, 0) is 4.74 Å². The van der Waals surface area contributed by atoms with Crippen LogP contribution < -0.4 is 5.73 Å². The third kappa shape index (κ3) is 1.94. The van der Waals surface area contributed by atoms with Crippen LogP contribution in [0.1, 0.15) is 32.2 Å². The van der Waals surface area contributed by atoms with E-state index in [-0.39, 0.29) is 12.1 Å². The van der Waals surface area contributed by atoms with Gasteiger partial charge in [0.1, 0.15) is 6.10 Å². The number of rotatable bonds is 4. The number of nitrogens with two attached hydrogens (primary N) is 1. The average molecular weight is 171 g/mol. The van der Waals surface area contributed by atoms with Crippen LogP contribution in [0.3, 0.4) is 0 Å². The van der Waals surface area contributed by atoms with E-state index < -0.39 is 0 Å². The van der Waals surface area contributed by atoms with Gasteiger partial charge in [-0.3, -0.25) is 0 Å². The fourth-order valence-corrected chi connectivity index (χ4v) is 0.954. The molecule has 0 aliphatic carbocycles. The van der Waals surface area contributed by atoms with Crippen LogP contribution in [0, 0.1) is 0 Å². The molecule has 5 nitrogen and oxygen atoms in total. The van der Waals surface area contributed by atoms with Gasteiger partial charge in [-0.2, -0.15) is 4.98 Å². The van der Waals surface area contributed by atoms with E-state index in [9.17, 15) is 0 Å². The van der Waals surface area contributed by atoms with Crippen molar-refractivity contribution in [1.82, 2.24) is 10.1 Å². The van der Waals surface area contributed by atoms with Gasteiger partial charge in [-0.05, 0) is 13.3 Å². The highest BCUT2D eigenvalue weighted by Crippen LogP contribution is 2.17. The van der Waals surface area contributed by atoms with E-state index in [1.807, 2.05) is 13.8 Å². The zero-order chi connectivity index (χ0) is 8.97. The lowest BCUT2D eigenvalue weighted by Gasteiger charge is -2.08. The lowest BCUT2D eigenvalue weighted by molar-refractivity contribution is 0.0518. The molecule has 1 rings (SSSR count). The van der Waals surface area contributed by atoms with Gasteiger partial charge in [0.05, 0.1) is 0 Å². The van der Waals surface area contributed by atoms with Crippen molar-refractivity contribution in [1.29, 1.82) is 0 Å². The predicted molar refractivity (Wildman–Crippen MR) is 43.4 cm³/mol. The van der Waals surface area contributed by atoms with Crippen LogP contribution in [0.4, 0.5) is 6.01 Å². The van der Waals surface area contributed by atoms with E-state index in [1.54, 1.807) is 0 Å². The van der Waals surface area contributed by atoms with E-state index >= 15 is 0 Å². The quantitative estimate of drug-likeness (QED) is 0.735. The summed E-state index contributed by atoms with van der Waals surface area (Å²) in [6, 6.07) is 0.0863. The molecule has 0 spiro atoms. The number of ether oxygens (including phenoxy) is 1. The van der Waals surface area contributed by atoms with Gasteiger partial charge in [-0.25, -0.2) is 0 Å². The number of nitrogens with zero attached hydrogens (tertiary/aromatic N) is 2. The summed E-state index contributed by atoms with van der Waals surface area (Å²) in [6.45, 7) is 4.55. The Bertz CT molecular complexity index is 236. The molecule has 0 saturated carbocycles. The summed E-state index contributed by atoms with van der Waals surface area (Å²) in [4.78, 5) is 3.88. The largest absolute Gasteiger partial charge is 0.370 e. The molecule has 1 aromatic rings. The molecular weight excluding hydrogens is 158 g/mol. The number of hydrogen-bond acceptors (Lipinski definition) is 5. The summed E-state index contributed by atoms with van der Waals surface area (Å²) < 4.78 is 9.98. The Balaban J connectivity index is 2.66. The topological polar surface area (TPSA) is 74.2 Å². The number of aromatic nitrogens is 2. The SMILES string of the molecule is CCOC(CC)c1noc(N)n1. The van der Waals surface area contributed by atoms with Crippen molar-refractivity contribution in [2.45, 2.75) is 26.4 Å². The molecule has 0 aliphatic heterocycles. The molecule has 0 saturated heterocycles. The average Bonchev–Trinajstić information content (AvgIpc) is 2.47. The Morgan fingerprint density at radius 3 is 2.75 bits per heavy atom. The summed E-state index contributed by atoms with van der Waals surface area (Å²) in [7, 11) is 0. The standard InChI is InChI=1S/C7H13N3O2/c1-3-5(11-4-2)6-9-7(8)12-10-6/h5H,3-4H2,1-2H3,(H2,8,9,10). The van der Waals surface area contributed by atoms with Crippen molar-refractivity contribution in [3.05, 3.63) is 5.82 Å². The second-order valence-electron chi connectivity index (χ2n) is 2.34. The minimum absolute atomic E-state index is 0.0863. The Morgan fingerprint density at radius 1 is 1.58 bits per heavy atom. The van der Waals surface area contributed by atoms with Gasteiger partial charge >= 0.3 is 6.01 Å². The molecule has 0 aliphatic rings. The maximum absolute atomic E-state index is 5.35. The van der Waals surface area contributed by atoms with Gasteiger partial charge in [0.25, 0.3) is 0 Å². The second-order valence-corrected chi connectivity index (χ2v) is 2.34. The number of hydrogen-bond donors (Lipinski definition) is 1. The molecule has 1 atom stereocenters. The highest BCUT2D eigenvalue weighted by molar-refractivity contribution is 5.08. The zero-order valence-electron chi connectivity index (χ0n) is 7.28. The lowest BCUT2D eigenvalue weighted by Crippen LogP contribution is -2.04. The van der Waals surface area contributed by atoms with E-state index in [4.69, 9.17) is 10.5 Å². The molecule has 0 aromatic carbocycles. The first-order valence-electron chi connectivity index (χ1n) is 3.98. The van der Waals surface area contributed by atoms with Crippen LogP contribution >= 0.6 is 0 Å². The Hall–Kier alpha value is -1.10. The Labute approximate surface area is 70.9 Å². The van der Waals surface area contributed by atoms with Crippen molar-refractivity contribution in [2.24, 2.45) is 0 Å². The molecule has 1 unspecified atom stereocenters. The molecule has 0 bridgehead atoms. The molecule has 0 radical (unpaired) electrons. The first kappa shape index (κ1) is 8.99. The fourth-order valence-electron chi connectivity index (χ4n) is 0.954. The van der Waals surface area contributed by atoms with Crippen LogP contribution in [0.2, 0.25) is 0 Å². The summed E-state index contributed by atoms with van der Waals surface area (Å²) in [5, 5.41) is 3.67. The Kier molecular flexibility index (Phi) is 3.04. The summed E-state index contributed by atoms with van der Waals surface area (Å²) in [6.07, 6.45) is 0.711. The Morgan fingerprint density at radius 2 is 2.33 bits per heavy atom. The maximum atomic E-state index is 5.35. The summed E-state index contributed by atoms with van der Waals surface area (Å²) in [5.74, 6) is 0.525. The summed E-state index contributed by atoms with van der Waals surface area (Å²) in [5.41, 5.74) is 5.27. The molecule has 68 valence electrons. The molecule has 2 N–H and O–H groups in total. The van der Waals surface area contributed by atoms with Crippen LogP contribution in [0.15, 0.2) is 4.52 Å². The van der Waals surface area contributed by atoms with Crippen molar-refractivity contribution >= 4 is 6.01 Å². The van der Waals surface area contributed by atoms with E-state index in [0.29, 0.717) is 12.4 Å². The predicted octanol–water partition coefficient (Wildman–Crippen LogP) is 1.14. The third-order valence-corrected chi connectivity index (χ3v) is 1.48. The highest BCUT2D eigenvalue weighted by Gasteiger charge is 2.15. The first-order chi connectivity index (χ1) is 5.77. The van der Waals surface area contributed by atoms with E-state index in [1.165, 1.54) is 0 Å². The van der Waals surface area contributed by atoms with E-state index in [0.717, 1.165) is 6.42 Å². The normalized spacial score (nSPS) is 13.2. The lowest BCUT2D eigenvalue weighted by atomic mass is 10.2. The van der Waals surface area contributed by atoms with Crippen LogP contribution in [0.25, 0.3) is 0 Å². The van der Waals surface area contributed by atoms with Crippen LogP contribution in [-0.4, -0.2) is 16.7 Å². The molecule has 12 heavy (non-hydrogen) atoms. The van der Waals surface area contributed by atoms with E-state index in [2.05, 4.69) is 14.7 Å². The second kappa shape index (κ2) is 4.06. The van der Waals surface area contributed by atoms with Crippen molar-refractivity contribution in [3.8, 4) is 0 Å². The van der Waals surface area contributed by atoms with Gasteiger partial charge in [-0.15, -0.1) is 0 Å². The third-order valence-electron chi connectivity index (χ3n) is 1.48. The minimum atomic E-state index is -0.101. The van der Waals surface area contributed by atoms with Crippen molar-refractivity contribution in [2.75, 3.05) is 12.3 Å². The fraction of sp³-hybridized carbons (Fsp3) is 0.714. The first-order valence-corrected chi connectivity index (χ1v) is 3.98. The van der Waals surface area contributed by atoms with Gasteiger partial charge in [0.15, 0.2) is 0 Å². The smallest absolute Gasteiger partial charge is 0.318 e. The number of anilines is 1. The highest BCUT2D eigenvalue weighted by atomic mass is 16.5. The molecule has 0 amide bonds. The summed E-state index contributed by atoms with van der Waals surface area (Å²) >= 11 is 0. The van der Waals surface area contributed by atoms with Gasteiger partial charge in [0.2, 0.25) is 5.82 Å². The monoisotopic (exact) mass is 171 g/mol. The molecule has 1 aromatic heterocycles. The molecule has 0 fully saturated rings. The number of nitrogen functional groups attached to an aromatic ring is 1. The molecular formula is C7H13N3O2. The van der Waals surface area contributed by atoms with Crippen LogP contribution in [0.5, 0.6) is 0 Å². The van der Waals surface area contributed by atoms with Gasteiger partial charge < -0.3 is 15.0 Å². The maximum Gasteiger partial charge on any atom is 0.318 e. The molecule has 1 heterocycles. The van der Waals surface area contributed by atoms with Crippen molar-refractivity contribution < 1.29 is 9.26 Å². The minimum Gasteiger partial charge on any atom is -0.370 e.